The highest BCUT2D eigenvalue weighted by Crippen LogP contribution is 2.23. The Balaban J connectivity index is 2.43. The Kier molecular flexibility index (Phi) is 1.43. The van der Waals surface area contributed by atoms with Gasteiger partial charge in [0.1, 0.15) is 0 Å². The number of carbonyl (C=O) groups excluding carboxylic acids is 1. The number of aliphatic imine (C=N–C) groups is 1. The Hall–Kier alpha value is -1.64. The van der Waals surface area contributed by atoms with E-state index in [1.165, 1.54) is 6.21 Å². The SMILES string of the molecule is NC1=CC2C(=O)N=CC=C2C=C1. The van der Waals surface area contributed by atoms with Crippen LogP contribution in [0.15, 0.2) is 40.6 Å². The standard InChI is InChI=1S/C9H8N2O/c10-7-2-1-6-3-4-11-9(12)8(6)5-7/h1-5,8H,10H2. The average Bonchev–Trinajstić information content (AvgIpc) is 2.07. The fourth-order valence-corrected chi connectivity index (χ4v) is 1.29. The number of fused-ring (bicyclic) bond motifs is 1. The van der Waals surface area contributed by atoms with E-state index in [2.05, 4.69) is 4.99 Å². The maximum Gasteiger partial charge on any atom is 0.257 e. The summed E-state index contributed by atoms with van der Waals surface area (Å²) < 4.78 is 0. The van der Waals surface area contributed by atoms with Crippen LogP contribution in [0.2, 0.25) is 0 Å². The summed E-state index contributed by atoms with van der Waals surface area (Å²) in [4.78, 5) is 14.9. The predicted molar refractivity (Wildman–Crippen MR) is 46.5 cm³/mol. The third-order valence-electron chi connectivity index (χ3n) is 1.92. The second kappa shape index (κ2) is 2.44. The van der Waals surface area contributed by atoms with Crippen LogP contribution in [-0.2, 0) is 4.79 Å². The Labute approximate surface area is 70.0 Å². The van der Waals surface area contributed by atoms with E-state index in [1.807, 2.05) is 12.2 Å². The van der Waals surface area contributed by atoms with Gasteiger partial charge >= 0.3 is 0 Å². The molecular formula is C9H8N2O. The zero-order valence-electron chi connectivity index (χ0n) is 6.40. The number of hydrogen-bond acceptors (Lipinski definition) is 2. The molecule has 0 saturated heterocycles. The first-order valence-electron chi connectivity index (χ1n) is 3.71. The Morgan fingerprint density at radius 3 is 3.08 bits per heavy atom. The topological polar surface area (TPSA) is 55.5 Å². The molecule has 3 nitrogen and oxygen atoms in total. The first-order valence-corrected chi connectivity index (χ1v) is 3.71. The molecule has 1 atom stereocenters. The fourth-order valence-electron chi connectivity index (χ4n) is 1.29. The van der Waals surface area contributed by atoms with Crippen molar-refractivity contribution in [3.63, 3.8) is 0 Å². The summed E-state index contributed by atoms with van der Waals surface area (Å²) in [6.07, 6.45) is 8.71. The first-order chi connectivity index (χ1) is 5.77. The van der Waals surface area contributed by atoms with Gasteiger partial charge in [0.05, 0.1) is 5.92 Å². The Morgan fingerprint density at radius 2 is 2.25 bits per heavy atom. The normalized spacial score (nSPS) is 26.3. The lowest BCUT2D eigenvalue weighted by Crippen LogP contribution is -2.19. The van der Waals surface area contributed by atoms with Gasteiger partial charge in [-0.15, -0.1) is 0 Å². The van der Waals surface area contributed by atoms with Crippen LogP contribution < -0.4 is 5.73 Å². The molecule has 0 aromatic rings. The van der Waals surface area contributed by atoms with E-state index in [9.17, 15) is 4.79 Å². The molecule has 0 saturated carbocycles. The second-order valence-electron chi connectivity index (χ2n) is 2.76. The van der Waals surface area contributed by atoms with Gasteiger partial charge in [0, 0.05) is 11.9 Å². The highest BCUT2D eigenvalue weighted by molar-refractivity contribution is 5.97. The van der Waals surface area contributed by atoms with E-state index in [0.717, 1.165) is 5.57 Å². The molecule has 1 aliphatic carbocycles. The minimum Gasteiger partial charge on any atom is -0.399 e. The lowest BCUT2D eigenvalue weighted by atomic mass is 9.91. The van der Waals surface area contributed by atoms with Crippen molar-refractivity contribution in [3.8, 4) is 0 Å². The van der Waals surface area contributed by atoms with E-state index in [1.54, 1.807) is 12.2 Å². The number of nitrogens with zero attached hydrogens (tertiary/aromatic N) is 1. The van der Waals surface area contributed by atoms with Crippen molar-refractivity contribution in [1.29, 1.82) is 0 Å². The molecule has 12 heavy (non-hydrogen) atoms. The molecule has 2 rings (SSSR count). The summed E-state index contributed by atoms with van der Waals surface area (Å²) in [7, 11) is 0. The lowest BCUT2D eigenvalue weighted by Gasteiger charge is -2.16. The summed E-state index contributed by atoms with van der Waals surface area (Å²) in [5.41, 5.74) is 7.14. The average molecular weight is 160 g/mol. The number of carbonyl (C=O) groups is 1. The largest absolute Gasteiger partial charge is 0.399 e. The van der Waals surface area contributed by atoms with Gasteiger partial charge in [0.2, 0.25) is 0 Å². The fraction of sp³-hybridized carbons (Fsp3) is 0.111. The van der Waals surface area contributed by atoms with Crippen molar-refractivity contribution in [2.24, 2.45) is 16.6 Å². The van der Waals surface area contributed by atoms with E-state index >= 15 is 0 Å². The van der Waals surface area contributed by atoms with Crippen LogP contribution in [0.1, 0.15) is 0 Å². The van der Waals surface area contributed by atoms with E-state index in [-0.39, 0.29) is 11.8 Å². The molecule has 1 amide bonds. The van der Waals surface area contributed by atoms with Gasteiger partial charge in [0.25, 0.3) is 5.91 Å². The summed E-state index contributed by atoms with van der Waals surface area (Å²) in [6, 6.07) is 0. The van der Waals surface area contributed by atoms with Crippen LogP contribution in [-0.4, -0.2) is 12.1 Å². The van der Waals surface area contributed by atoms with Gasteiger partial charge in [-0.25, -0.2) is 4.99 Å². The van der Waals surface area contributed by atoms with Gasteiger partial charge in [-0.3, -0.25) is 4.79 Å². The first kappa shape index (κ1) is 7.03. The van der Waals surface area contributed by atoms with Crippen molar-refractivity contribution in [2.45, 2.75) is 0 Å². The molecule has 1 unspecified atom stereocenters. The van der Waals surface area contributed by atoms with Crippen LogP contribution in [0.5, 0.6) is 0 Å². The zero-order valence-corrected chi connectivity index (χ0v) is 6.40. The monoisotopic (exact) mass is 160 g/mol. The van der Waals surface area contributed by atoms with Crippen LogP contribution in [0, 0.1) is 5.92 Å². The quantitative estimate of drug-likeness (QED) is 0.562. The second-order valence-corrected chi connectivity index (χ2v) is 2.76. The number of allylic oxidation sites excluding steroid dienone is 3. The van der Waals surface area contributed by atoms with E-state index in [0.29, 0.717) is 5.70 Å². The van der Waals surface area contributed by atoms with Crippen LogP contribution in [0.25, 0.3) is 0 Å². The smallest absolute Gasteiger partial charge is 0.257 e. The molecule has 1 aliphatic heterocycles. The third-order valence-corrected chi connectivity index (χ3v) is 1.92. The van der Waals surface area contributed by atoms with Crippen molar-refractivity contribution in [3.05, 3.63) is 35.6 Å². The predicted octanol–water partition coefficient (Wildman–Crippen LogP) is 0.552. The van der Waals surface area contributed by atoms with Crippen molar-refractivity contribution < 1.29 is 4.79 Å². The lowest BCUT2D eigenvalue weighted by molar-refractivity contribution is -0.119. The molecular weight excluding hydrogens is 152 g/mol. The minimum atomic E-state index is -0.250. The molecule has 60 valence electrons. The summed E-state index contributed by atoms with van der Waals surface area (Å²) >= 11 is 0. The molecule has 0 fully saturated rings. The molecule has 0 bridgehead atoms. The van der Waals surface area contributed by atoms with Crippen molar-refractivity contribution in [1.82, 2.24) is 0 Å². The molecule has 0 spiro atoms. The zero-order chi connectivity index (χ0) is 8.55. The van der Waals surface area contributed by atoms with Gasteiger partial charge in [0.15, 0.2) is 0 Å². The molecule has 2 aliphatic rings. The molecule has 1 heterocycles. The van der Waals surface area contributed by atoms with Crippen LogP contribution in [0.3, 0.4) is 0 Å². The number of hydrogen-bond donors (Lipinski definition) is 1. The molecule has 0 aromatic heterocycles. The summed E-state index contributed by atoms with van der Waals surface area (Å²) in [5, 5.41) is 0. The molecule has 0 radical (unpaired) electrons. The van der Waals surface area contributed by atoms with Gasteiger partial charge in [-0.05, 0) is 23.8 Å². The third kappa shape index (κ3) is 0.993. The Morgan fingerprint density at radius 1 is 1.42 bits per heavy atom. The summed E-state index contributed by atoms with van der Waals surface area (Å²) in [6.45, 7) is 0. The van der Waals surface area contributed by atoms with Crippen LogP contribution in [0.4, 0.5) is 0 Å². The summed E-state index contributed by atoms with van der Waals surface area (Å²) in [5.74, 6) is -0.389. The van der Waals surface area contributed by atoms with Gasteiger partial charge in [-0.1, -0.05) is 6.08 Å². The Bertz CT molecular complexity index is 348. The van der Waals surface area contributed by atoms with E-state index in [4.69, 9.17) is 5.73 Å². The van der Waals surface area contributed by atoms with E-state index < -0.39 is 0 Å². The maximum atomic E-state index is 11.2. The van der Waals surface area contributed by atoms with Crippen molar-refractivity contribution >= 4 is 12.1 Å². The van der Waals surface area contributed by atoms with Crippen LogP contribution >= 0.6 is 0 Å². The number of nitrogens with two attached hydrogens (primary N) is 1. The van der Waals surface area contributed by atoms with Gasteiger partial charge < -0.3 is 5.73 Å². The highest BCUT2D eigenvalue weighted by Gasteiger charge is 2.22. The molecule has 2 N–H and O–H groups in total. The minimum absolute atomic E-state index is 0.139. The highest BCUT2D eigenvalue weighted by atomic mass is 16.1. The molecule has 0 aromatic carbocycles. The van der Waals surface area contributed by atoms with Crippen molar-refractivity contribution in [2.75, 3.05) is 0 Å². The van der Waals surface area contributed by atoms with Gasteiger partial charge in [-0.2, -0.15) is 0 Å². The number of rotatable bonds is 0. The maximum absolute atomic E-state index is 11.2. The number of dihydropyridines is 1. The number of amides is 1. The molecule has 3 heteroatoms.